The lowest BCUT2D eigenvalue weighted by Crippen LogP contribution is -2.36. The smallest absolute Gasteiger partial charge is 0.343 e. The van der Waals surface area contributed by atoms with E-state index in [0.717, 1.165) is 6.08 Å². The molecule has 3 rings (SSSR count). The van der Waals surface area contributed by atoms with Crippen molar-refractivity contribution in [3.05, 3.63) is 46.5 Å². The van der Waals surface area contributed by atoms with Crippen molar-refractivity contribution in [1.82, 2.24) is 5.32 Å². The van der Waals surface area contributed by atoms with Gasteiger partial charge in [-0.3, -0.25) is 9.79 Å². The van der Waals surface area contributed by atoms with E-state index in [1.54, 1.807) is 0 Å². The van der Waals surface area contributed by atoms with Gasteiger partial charge in [0.1, 0.15) is 5.71 Å². The van der Waals surface area contributed by atoms with Crippen LogP contribution < -0.4 is 5.32 Å². The maximum Gasteiger partial charge on any atom is 0.416 e. The molecule has 1 aliphatic carbocycles. The van der Waals surface area contributed by atoms with Crippen molar-refractivity contribution >= 4 is 11.6 Å². The average molecular weight is 426 g/mol. The van der Waals surface area contributed by atoms with Gasteiger partial charge in [0.05, 0.1) is 23.2 Å². The monoisotopic (exact) mass is 426 g/mol. The summed E-state index contributed by atoms with van der Waals surface area (Å²) in [5, 5.41) is 2.39. The van der Waals surface area contributed by atoms with E-state index in [1.807, 2.05) is 0 Å². The molecule has 0 bridgehead atoms. The Labute approximate surface area is 159 Å². The zero-order valence-corrected chi connectivity index (χ0v) is 14.8. The molecule has 1 aliphatic heterocycles. The molecule has 0 atom stereocenters. The first-order valence-electron chi connectivity index (χ1n) is 8.38. The molecule has 0 aromatic heterocycles. The largest absolute Gasteiger partial charge is 0.416 e. The lowest BCUT2D eigenvalue weighted by atomic mass is 9.97. The maximum atomic E-state index is 13.3. The lowest BCUT2D eigenvalue weighted by Gasteiger charge is -2.21. The Morgan fingerprint density at radius 3 is 1.86 bits per heavy atom. The Morgan fingerprint density at radius 2 is 1.48 bits per heavy atom. The van der Waals surface area contributed by atoms with Crippen LogP contribution in [0.3, 0.4) is 0 Å². The second-order valence-corrected chi connectivity index (χ2v) is 7.09. The molecule has 1 saturated carbocycles. The number of allylic oxidation sites excluding steroid dienone is 1. The molecule has 29 heavy (non-hydrogen) atoms. The summed E-state index contributed by atoms with van der Waals surface area (Å²) in [4.78, 5) is 15.9. The number of hydrogen-bond donors (Lipinski definition) is 1. The van der Waals surface area contributed by atoms with Gasteiger partial charge in [-0.1, -0.05) is 0 Å². The van der Waals surface area contributed by atoms with E-state index in [9.17, 15) is 39.9 Å². The highest BCUT2D eigenvalue weighted by Crippen LogP contribution is 2.48. The quantitative estimate of drug-likeness (QED) is 0.687. The van der Waals surface area contributed by atoms with E-state index in [1.165, 1.54) is 0 Å². The summed E-state index contributed by atoms with van der Waals surface area (Å²) >= 11 is 0. The van der Waals surface area contributed by atoms with Crippen molar-refractivity contribution in [3.8, 4) is 0 Å². The van der Waals surface area contributed by atoms with Gasteiger partial charge in [0, 0.05) is 12.5 Å². The number of halogens is 8. The number of alkyl halides is 8. The molecule has 0 spiro atoms. The highest BCUT2D eigenvalue weighted by Gasteiger charge is 2.49. The lowest BCUT2D eigenvalue weighted by molar-refractivity contribution is -0.143. The molecule has 0 saturated heterocycles. The summed E-state index contributed by atoms with van der Waals surface area (Å²) < 4.78 is 105. The van der Waals surface area contributed by atoms with E-state index in [0.29, 0.717) is 19.1 Å². The highest BCUT2D eigenvalue weighted by atomic mass is 19.4. The molecule has 2 aliphatic rings. The molecule has 0 unspecified atom stereocenters. The fourth-order valence-corrected chi connectivity index (χ4v) is 2.97. The van der Waals surface area contributed by atoms with Crippen molar-refractivity contribution in [1.29, 1.82) is 0 Å². The summed E-state index contributed by atoms with van der Waals surface area (Å²) in [6.07, 6.45) is -8.93. The third kappa shape index (κ3) is 4.43. The molecule has 158 valence electrons. The van der Waals surface area contributed by atoms with Crippen LogP contribution in [0.2, 0.25) is 0 Å². The van der Waals surface area contributed by atoms with Gasteiger partial charge >= 0.3 is 12.4 Å². The minimum atomic E-state index is -5.01. The van der Waals surface area contributed by atoms with Crippen LogP contribution in [0.15, 0.2) is 34.8 Å². The van der Waals surface area contributed by atoms with Gasteiger partial charge in [0.15, 0.2) is 0 Å². The van der Waals surface area contributed by atoms with Crippen molar-refractivity contribution in [2.24, 2.45) is 4.99 Å². The summed E-state index contributed by atoms with van der Waals surface area (Å²) in [6.45, 7) is 0.240. The van der Waals surface area contributed by atoms with Gasteiger partial charge in [0.25, 0.3) is 5.92 Å². The number of rotatable bonds is 4. The van der Waals surface area contributed by atoms with E-state index < -0.39 is 46.6 Å². The first kappa shape index (κ1) is 21.3. The molecule has 1 heterocycles. The number of hydrogen-bond acceptors (Lipinski definition) is 2. The first-order chi connectivity index (χ1) is 13.1. The fourth-order valence-electron chi connectivity index (χ4n) is 2.97. The number of nitrogens with zero attached hydrogens (tertiary/aromatic N) is 1. The third-order valence-corrected chi connectivity index (χ3v) is 4.72. The van der Waals surface area contributed by atoms with Crippen LogP contribution in [0, 0.1) is 0 Å². The molecule has 1 aromatic carbocycles. The number of nitrogens with one attached hydrogen (secondary N) is 1. The van der Waals surface area contributed by atoms with Crippen LogP contribution >= 0.6 is 0 Å². The van der Waals surface area contributed by atoms with Crippen LogP contribution in [0.5, 0.6) is 0 Å². The minimum Gasteiger partial charge on any atom is -0.343 e. The molecule has 11 heteroatoms. The summed E-state index contributed by atoms with van der Waals surface area (Å²) in [7, 11) is 0. The van der Waals surface area contributed by atoms with Gasteiger partial charge in [-0.05, 0) is 42.7 Å². The van der Waals surface area contributed by atoms with Gasteiger partial charge in [-0.25, -0.2) is 0 Å². The Bertz CT molecular complexity index is 870. The molecular formula is C18H14F8N2O. The number of benzene rings is 1. The maximum absolute atomic E-state index is 13.3. The number of carbonyl (C=O) groups excluding carboxylic acids is 1. The Morgan fingerprint density at radius 1 is 0.966 bits per heavy atom. The Balaban J connectivity index is 1.90. The van der Waals surface area contributed by atoms with Gasteiger partial charge < -0.3 is 5.32 Å². The predicted octanol–water partition coefficient (Wildman–Crippen LogP) is 4.87. The SMILES string of the molecule is CC(F)(F)C1=NCC(C(=O)NC2(c3cc(C(F)(F)F)cc(C(F)(F)F)c3)CC2)=C1. The van der Waals surface area contributed by atoms with Gasteiger partial charge in [-0.2, -0.15) is 35.1 Å². The summed E-state index contributed by atoms with van der Waals surface area (Å²) in [5.74, 6) is -4.14. The predicted molar refractivity (Wildman–Crippen MR) is 86.5 cm³/mol. The van der Waals surface area contributed by atoms with Gasteiger partial charge in [-0.15, -0.1) is 0 Å². The number of aliphatic imine (C=N–C) groups is 1. The molecule has 3 nitrogen and oxygen atoms in total. The molecule has 1 amide bonds. The van der Waals surface area contributed by atoms with E-state index in [2.05, 4.69) is 10.3 Å². The van der Waals surface area contributed by atoms with Crippen LogP contribution in [0.4, 0.5) is 35.1 Å². The molecule has 1 fully saturated rings. The van der Waals surface area contributed by atoms with Crippen LogP contribution in [-0.4, -0.2) is 24.1 Å². The summed E-state index contributed by atoms with van der Waals surface area (Å²) in [5.41, 5.74) is -5.50. The Kier molecular flexibility index (Phi) is 4.78. The van der Waals surface area contributed by atoms with E-state index in [4.69, 9.17) is 0 Å². The zero-order valence-electron chi connectivity index (χ0n) is 14.8. The molecule has 0 radical (unpaired) electrons. The fraction of sp³-hybridized carbons (Fsp3) is 0.444. The van der Waals surface area contributed by atoms with Crippen molar-refractivity contribution in [2.75, 3.05) is 6.54 Å². The normalized spacial score (nSPS) is 18.9. The summed E-state index contributed by atoms with van der Waals surface area (Å²) in [6, 6.07) is 1.13. The highest BCUT2D eigenvalue weighted by molar-refractivity contribution is 6.10. The minimum absolute atomic E-state index is 0.00431. The van der Waals surface area contributed by atoms with Crippen molar-refractivity contribution < 1.29 is 39.9 Å². The molecule has 1 N–H and O–H groups in total. The topological polar surface area (TPSA) is 41.5 Å². The standard InChI is InChI=1S/C18H14F8N2O/c1-15(19,20)13-4-9(8-27-13)14(29)28-16(2-3-16)10-5-11(17(21,22)23)7-12(6-10)18(24,25)26/h4-7H,2-3,8H2,1H3,(H,28,29). The second kappa shape index (κ2) is 6.53. The Hall–Kier alpha value is -2.46. The van der Waals surface area contributed by atoms with Crippen LogP contribution in [0.25, 0.3) is 0 Å². The first-order valence-corrected chi connectivity index (χ1v) is 8.38. The second-order valence-electron chi connectivity index (χ2n) is 7.09. The average Bonchev–Trinajstić information content (AvgIpc) is 3.16. The van der Waals surface area contributed by atoms with Crippen molar-refractivity contribution in [2.45, 2.75) is 43.6 Å². The van der Waals surface area contributed by atoms with Crippen LogP contribution in [-0.2, 0) is 22.7 Å². The van der Waals surface area contributed by atoms with Crippen LogP contribution in [0.1, 0.15) is 36.5 Å². The van der Waals surface area contributed by atoms with Crippen molar-refractivity contribution in [3.63, 3.8) is 0 Å². The zero-order chi connectivity index (χ0) is 21.8. The molecular weight excluding hydrogens is 412 g/mol. The number of carbonyl (C=O) groups is 1. The van der Waals surface area contributed by atoms with Gasteiger partial charge in [0.2, 0.25) is 5.91 Å². The number of amides is 1. The van der Waals surface area contributed by atoms with E-state index in [-0.39, 0.29) is 36.6 Å². The molecule has 1 aromatic rings. The van der Waals surface area contributed by atoms with E-state index >= 15 is 0 Å². The third-order valence-electron chi connectivity index (χ3n) is 4.72.